The summed E-state index contributed by atoms with van der Waals surface area (Å²) in [6, 6.07) is 5.23. The number of nitrogens with zero attached hydrogens (tertiary/aromatic N) is 4. The zero-order valence-corrected chi connectivity index (χ0v) is 16.3. The number of carboxylic acid groups (broad SMARTS) is 1. The number of hydrogen-bond acceptors (Lipinski definition) is 6. The Balaban J connectivity index is 1.72. The van der Waals surface area contributed by atoms with E-state index in [9.17, 15) is 9.59 Å². The van der Waals surface area contributed by atoms with Crippen LogP contribution in [0.4, 0.5) is 5.13 Å². The minimum atomic E-state index is -0.987. The number of aliphatic carboxylic acids is 1. The van der Waals surface area contributed by atoms with Crippen LogP contribution in [0, 0.1) is 6.92 Å². The van der Waals surface area contributed by atoms with Crippen molar-refractivity contribution in [1.29, 1.82) is 0 Å². The quantitative estimate of drug-likeness (QED) is 0.626. The Morgan fingerprint density at radius 3 is 2.78 bits per heavy atom. The first-order chi connectivity index (χ1) is 12.8. The lowest BCUT2D eigenvalue weighted by atomic mass is 10.2. The lowest BCUT2D eigenvalue weighted by Gasteiger charge is -2.05. The summed E-state index contributed by atoms with van der Waals surface area (Å²) in [6.45, 7) is 2.10. The van der Waals surface area contributed by atoms with E-state index in [1.807, 2.05) is 6.07 Å². The third-order valence-electron chi connectivity index (χ3n) is 3.62. The molecule has 3 aromatic rings. The predicted octanol–water partition coefficient (Wildman–Crippen LogP) is 3.28. The molecule has 0 unspecified atom stereocenters. The maximum Gasteiger partial charge on any atom is 0.309 e. The molecule has 0 spiro atoms. The van der Waals surface area contributed by atoms with Crippen molar-refractivity contribution in [2.24, 2.45) is 0 Å². The molecule has 140 valence electrons. The van der Waals surface area contributed by atoms with Crippen molar-refractivity contribution in [3.05, 3.63) is 56.3 Å². The van der Waals surface area contributed by atoms with Crippen LogP contribution in [0.25, 0.3) is 0 Å². The molecule has 0 atom stereocenters. The number of nitrogens with one attached hydrogen (secondary N) is 1. The van der Waals surface area contributed by atoms with Gasteiger partial charge in [-0.2, -0.15) is 0 Å². The Kier molecular flexibility index (Phi) is 5.73. The Bertz CT molecular complexity index is 1020. The first-order valence-electron chi connectivity index (χ1n) is 7.65. The van der Waals surface area contributed by atoms with Gasteiger partial charge in [0.05, 0.1) is 34.4 Å². The molecule has 11 heteroatoms. The second kappa shape index (κ2) is 8.03. The number of thiazole rings is 1. The molecule has 2 aromatic heterocycles. The minimum absolute atomic E-state index is 0.157. The molecule has 27 heavy (non-hydrogen) atoms. The van der Waals surface area contributed by atoms with Gasteiger partial charge in [0, 0.05) is 5.38 Å². The molecule has 3 rings (SSSR count). The first-order valence-corrected chi connectivity index (χ1v) is 9.28. The summed E-state index contributed by atoms with van der Waals surface area (Å²) in [5, 5.41) is 22.1. The topological polar surface area (TPSA) is 110 Å². The Hall–Kier alpha value is -2.49. The zero-order chi connectivity index (χ0) is 19.6. The number of carboxylic acids is 1. The van der Waals surface area contributed by atoms with E-state index in [0.717, 1.165) is 16.9 Å². The number of amides is 1. The van der Waals surface area contributed by atoms with Gasteiger partial charge >= 0.3 is 5.97 Å². The molecule has 0 aliphatic heterocycles. The SMILES string of the molecule is Cc1c(C(=O)Nc2nc(CC(=O)O)cs2)nnn1Cc1ccc(Cl)c(Cl)c1. The molecule has 1 amide bonds. The maximum atomic E-state index is 12.4. The van der Waals surface area contributed by atoms with Crippen LogP contribution in [-0.4, -0.2) is 37.0 Å². The molecule has 2 heterocycles. The summed E-state index contributed by atoms with van der Waals surface area (Å²) in [5.74, 6) is -1.46. The van der Waals surface area contributed by atoms with Gasteiger partial charge in [0.2, 0.25) is 0 Å². The number of carbonyl (C=O) groups is 2. The second-order valence-corrected chi connectivity index (χ2v) is 7.27. The molecule has 0 radical (unpaired) electrons. The molecule has 0 saturated heterocycles. The van der Waals surface area contributed by atoms with Crippen LogP contribution in [0.2, 0.25) is 10.0 Å². The fourth-order valence-corrected chi connectivity index (χ4v) is 3.31. The Morgan fingerprint density at radius 1 is 1.30 bits per heavy atom. The number of aromatic nitrogens is 4. The van der Waals surface area contributed by atoms with Gasteiger partial charge in [0.15, 0.2) is 10.8 Å². The van der Waals surface area contributed by atoms with Gasteiger partial charge in [-0.3, -0.25) is 14.9 Å². The average Bonchev–Trinajstić information content (AvgIpc) is 3.17. The number of carbonyl (C=O) groups excluding carboxylic acids is 1. The van der Waals surface area contributed by atoms with Crippen LogP contribution in [0.5, 0.6) is 0 Å². The van der Waals surface area contributed by atoms with E-state index in [2.05, 4.69) is 20.6 Å². The molecule has 0 aliphatic carbocycles. The van der Waals surface area contributed by atoms with Crippen LogP contribution in [-0.2, 0) is 17.8 Å². The largest absolute Gasteiger partial charge is 0.481 e. The first kappa shape index (κ1) is 19.3. The van der Waals surface area contributed by atoms with E-state index in [1.54, 1.807) is 29.1 Å². The summed E-state index contributed by atoms with van der Waals surface area (Å²) < 4.78 is 1.58. The van der Waals surface area contributed by atoms with Gasteiger partial charge < -0.3 is 5.11 Å². The van der Waals surface area contributed by atoms with Crippen molar-refractivity contribution in [2.45, 2.75) is 19.9 Å². The van der Waals surface area contributed by atoms with Crippen LogP contribution in [0.1, 0.15) is 27.4 Å². The molecular formula is C16H13Cl2N5O3S. The molecule has 0 bridgehead atoms. The van der Waals surface area contributed by atoms with Crippen molar-refractivity contribution >= 4 is 51.5 Å². The van der Waals surface area contributed by atoms with Gasteiger partial charge in [-0.05, 0) is 24.6 Å². The van der Waals surface area contributed by atoms with Crippen molar-refractivity contribution in [3.63, 3.8) is 0 Å². The molecule has 2 N–H and O–H groups in total. The highest BCUT2D eigenvalue weighted by Gasteiger charge is 2.18. The number of rotatable bonds is 6. The lowest BCUT2D eigenvalue weighted by molar-refractivity contribution is -0.136. The Morgan fingerprint density at radius 2 is 2.07 bits per heavy atom. The summed E-state index contributed by atoms with van der Waals surface area (Å²) in [7, 11) is 0. The van der Waals surface area contributed by atoms with Gasteiger partial charge in [-0.25, -0.2) is 9.67 Å². The summed E-state index contributed by atoms with van der Waals surface area (Å²) in [6.07, 6.45) is -0.203. The van der Waals surface area contributed by atoms with Gasteiger partial charge in [0.25, 0.3) is 5.91 Å². The summed E-state index contributed by atoms with van der Waals surface area (Å²) >= 11 is 13.1. The van der Waals surface area contributed by atoms with Gasteiger partial charge in [-0.15, -0.1) is 16.4 Å². The van der Waals surface area contributed by atoms with Crippen molar-refractivity contribution in [2.75, 3.05) is 5.32 Å². The average molecular weight is 426 g/mol. The summed E-state index contributed by atoms with van der Waals surface area (Å²) in [4.78, 5) is 27.2. The van der Waals surface area contributed by atoms with Crippen LogP contribution in [0.3, 0.4) is 0 Å². The van der Waals surface area contributed by atoms with E-state index < -0.39 is 11.9 Å². The Labute approximate surface area is 167 Å². The molecule has 0 saturated carbocycles. The van der Waals surface area contributed by atoms with Crippen molar-refractivity contribution < 1.29 is 14.7 Å². The van der Waals surface area contributed by atoms with Crippen molar-refractivity contribution in [1.82, 2.24) is 20.0 Å². The molecule has 1 aromatic carbocycles. The number of anilines is 1. The third kappa shape index (κ3) is 4.62. The van der Waals surface area contributed by atoms with E-state index in [4.69, 9.17) is 28.3 Å². The molecular weight excluding hydrogens is 413 g/mol. The van der Waals surface area contributed by atoms with E-state index >= 15 is 0 Å². The van der Waals surface area contributed by atoms with Crippen LogP contribution >= 0.6 is 34.5 Å². The molecule has 0 fully saturated rings. The van der Waals surface area contributed by atoms with Crippen LogP contribution < -0.4 is 5.32 Å². The molecule has 0 aliphatic rings. The normalized spacial score (nSPS) is 10.8. The van der Waals surface area contributed by atoms with Crippen LogP contribution in [0.15, 0.2) is 23.6 Å². The van der Waals surface area contributed by atoms with Gasteiger partial charge in [-0.1, -0.05) is 34.5 Å². The highest BCUT2D eigenvalue weighted by Crippen LogP contribution is 2.23. The van der Waals surface area contributed by atoms with E-state index in [1.165, 1.54) is 0 Å². The molecule has 8 nitrogen and oxygen atoms in total. The fourth-order valence-electron chi connectivity index (χ4n) is 2.29. The number of halogens is 2. The second-order valence-electron chi connectivity index (χ2n) is 5.60. The standard InChI is InChI=1S/C16H13Cl2N5O3S/c1-8-14(15(26)20-16-19-10(7-27-16)5-13(24)25)21-22-23(8)6-9-2-3-11(17)12(18)4-9/h2-4,7H,5-6H2,1H3,(H,24,25)(H,19,20,26). The predicted molar refractivity (Wildman–Crippen MR) is 102 cm³/mol. The minimum Gasteiger partial charge on any atom is -0.481 e. The monoisotopic (exact) mass is 425 g/mol. The van der Waals surface area contributed by atoms with E-state index in [0.29, 0.717) is 33.1 Å². The maximum absolute atomic E-state index is 12.4. The third-order valence-corrected chi connectivity index (χ3v) is 5.16. The fraction of sp³-hybridized carbons (Fsp3) is 0.188. The zero-order valence-electron chi connectivity index (χ0n) is 13.9. The smallest absolute Gasteiger partial charge is 0.309 e. The summed E-state index contributed by atoms with van der Waals surface area (Å²) in [5.41, 5.74) is 1.97. The number of benzene rings is 1. The van der Waals surface area contributed by atoms with Gasteiger partial charge in [0.1, 0.15) is 0 Å². The lowest BCUT2D eigenvalue weighted by Crippen LogP contribution is -2.14. The van der Waals surface area contributed by atoms with E-state index in [-0.39, 0.29) is 12.1 Å². The van der Waals surface area contributed by atoms with Crippen molar-refractivity contribution in [3.8, 4) is 0 Å². The number of hydrogen-bond donors (Lipinski definition) is 2. The highest BCUT2D eigenvalue weighted by molar-refractivity contribution is 7.14. The highest BCUT2D eigenvalue weighted by atomic mass is 35.5.